The Balaban J connectivity index is 1.21. The smallest absolute Gasteiger partial charge is 0.453 e. The van der Waals surface area contributed by atoms with E-state index in [2.05, 4.69) is 23.1 Å². The minimum Gasteiger partial charge on any atom is -0.453 e. The van der Waals surface area contributed by atoms with Gasteiger partial charge in [-0.2, -0.15) is 8.62 Å². The molecule has 0 spiro atoms. The lowest BCUT2D eigenvalue weighted by Crippen LogP contribution is -2.33. The van der Waals surface area contributed by atoms with Crippen LogP contribution in [0.3, 0.4) is 0 Å². The van der Waals surface area contributed by atoms with E-state index in [9.17, 15) is 47.9 Å². The van der Waals surface area contributed by atoms with Crippen molar-refractivity contribution in [3.63, 3.8) is 0 Å². The highest BCUT2D eigenvalue weighted by molar-refractivity contribution is 7.67. The van der Waals surface area contributed by atoms with E-state index in [-0.39, 0.29) is 34.3 Å². The van der Waals surface area contributed by atoms with Gasteiger partial charge in [-0.15, -0.1) is 0 Å². The monoisotopic (exact) mass is 677 g/mol. The Morgan fingerprint density at radius 2 is 1.75 bits per heavy atom. The van der Waals surface area contributed by atoms with Gasteiger partial charge in [-0.3, -0.25) is 28.6 Å². The van der Waals surface area contributed by atoms with Crippen LogP contribution in [-0.4, -0.2) is 53.1 Å². The summed E-state index contributed by atoms with van der Waals surface area (Å²) in [6, 6.07) is 7.38. The first-order valence-corrected chi connectivity index (χ1v) is 16.7. The van der Waals surface area contributed by atoms with E-state index < -0.39 is 65.5 Å². The lowest BCUT2D eigenvalue weighted by Gasteiger charge is -2.20. The predicted molar refractivity (Wildman–Crippen MR) is 146 cm³/mol. The predicted octanol–water partition coefficient (Wildman–Crippen LogP) is 1.53. The van der Waals surface area contributed by atoms with Gasteiger partial charge in [-0.1, -0.05) is 0 Å². The fraction of sp³-hybridized carbons (Fsp3) is 0.273. The lowest BCUT2D eigenvalue weighted by molar-refractivity contribution is -0.0450. The number of phosphoric ester groups is 2. The largest absolute Gasteiger partial charge is 0.536 e. The number of aromatic amines is 1. The average Bonchev–Trinajstić information content (AvgIpc) is 3.26. The van der Waals surface area contributed by atoms with Gasteiger partial charge in [-0.05, 0) is 31.2 Å². The van der Waals surface area contributed by atoms with Crippen molar-refractivity contribution < 1.29 is 60.3 Å². The van der Waals surface area contributed by atoms with Crippen LogP contribution in [-0.2, 0) is 31.6 Å². The van der Waals surface area contributed by atoms with E-state index in [1.54, 1.807) is 0 Å². The van der Waals surface area contributed by atoms with E-state index in [0.717, 1.165) is 22.8 Å². The molecule has 2 aliphatic heterocycles. The molecule has 19 nitrogen and oxygen atoms in total. The van der Waals surface area contributed by atoms with Gasteiger partial charge in [0.1, 0.15) is 29.3 Å². The van der Waals surface area contributed by atoms with Gasteiger partial charge in [0.25, 0.3) is 5.56 Å². The number of hydrogen-bond acceptors (Lipinski definition) is 14. The second-order valence-electron chi connectivity index (χ2n) is 9.34. The van der Waals surface area contributed by atoms with Crippen molar-refractivity contribution in [3.05, 3.63) is 79.2 Å². The summed E-state index contributed by atoms with van der Waals surface area (Å²) in [5.41, 5.74) is -1.06. The van der Waals surface area contributed by atoms with Crippen LogP contribution in [0.1, 0.15) is 18.2 Å². The molecule has 1 fully saturated rings. The third-order valence-corrected chi connectivity index (χ3v) is 10.2. The molecule has 0 amide bonds. The number of rotatable bonds is 10. The highest BCUT2D eigenvalue weighted by atomic mass is 31.3. The number of benzene rings is 2. The Labute approximate surface area is 244 Å². The van der Waals surface area contributed by atoms with Gasteiger partial charge in [0.15, 0.2) is 16.8 Å². The van der Waals surface area contributed by atoms with Crippen LogP contribution in [0, 0.1) is 6.92 Å². The molecule has 2 aromatic rings. The van der Waals surface area contributed by atoms with Crippen molar-refractivity contribution >= 4 is 34.6 Å². The van der Waals surface area contributed by atoms with Crippen LogP contribution in [0.5, 0.6) is 5.75 Å². The van der Waals surface area contributed by atoms with Crippen molar-refractivity contribution in [2.45, 2.75) is 31.8 Å². The molecular weight excluding hydrogens is 655 g/mol. The molecule has 1 saturated heterocycles. The Morgan fingerprint density at radius 3 is 2.50 bits per heavy atom. The maximum atomic E-state index is 12.4. The van der Waals surface area contributed by atoms with Crippen molar-refractivity contribution in [2.24, 2.45) is 0 Å². The van der Waals surface area contributed by atoms with Crippen LogP contribution < -0.4 is 21.2 Å². The fourth-order valence-electron chi connectivity index (χ4n) is 4.09. The highest BCUT2D eigenvalue weighted by Gasteiger charge is 2.44. The second kappa shape index (κ2) is 11.9. The molecule has 3 heterocycles. The number of nitrogens with one attached hydrogen (secondary N) is 1. The summed E-state index contributed by atoms with van der Waals surface area (Å²) in [4.78, 5) is 71.3. The molecule has 22 heteroatoms. The molecule has 5 N–H and O–H groups in total. The van der Waals surface area contributed by atoms with E-state index in [1.165, 1.54) is 31.3 Å². The van der Waals surface area contributed by atoms with E-state index in [4.69, 9.17) is 13.7 Å². The number of aromatic nitrogens is 3. The quantitative estimate of drug-likeness (QED) is 0.117. The van der Waals surface area contributed by atoms with E-state index >= 15 is 0 Å². The Morgan fingerprint density at radius 1 is 1.02 bits per heavy atom. The van der Waals surface area contributed by atoms with Crippen molar-refractivity contribution in [2.75, 3.05) is 6.61 Å². The number of nitrogens with zero attached hydrogens (tertiary/aromatic N) is 2. The number of aliphatic hydroxyl groups excluding tert-OH is 1. The van der Waals surface area contributed by atoms with Gasteiger partial charge in [-0.25, -0.2) is 23.5 Å². The van der Waals surface area contributed by atoms with Crippen molar-refractivity contribution in [1.29, 1.82) is 0 Å². The lowest BCUT2D eigenvalue weighted by atomic mass is 10.2. The van der Waals surface area contributed by atoms with E-state index in [0.29, 0.717) is 5.69 Å². The molecule has 0 saturated carbocycles. The Hall–Kier alpha value is -3.31. The first-order valence-electron chi connectivity index (χ1n) is 12.2. The van der Waals surface area contributed by atoms with Gasteiger partial charge >= 0.3 is 29.2 Å². The van der Waals surface area contributed by atoms with Crippen LogP contribution in [0.2, 0.25) is 0 Å². The van der Waals surface area contributed by atoms with Crippen LogP contribution in [0.15, 0.2) is 61.4 Å². The zero-order chi connectivity index (χ0) is 32.0. The van der Waals surface area contributed by atoms with Gasteiger partial charge in [0.2, 0.25) is 0 Å². The number of ether oxygens (including phenoxy) is 1. The zero-order valence-electron chi connectivity index (χ0n) is 22.1. The number of H-pyrrole nitrogens is 1. The zero-order valence-corrected chi connectivity index (χ0v) is 24.8. The fourth-order valence-corrected chi connectivity index (χ4v) is 7.61. The summed E-state index contributed by atoms with van der Waals surface area (Å²) in [6.07, 6.45) is -2.82. The SMILES string of the molecule is Cc1cn([C@@H]2CC(O)[C@H](COP(=O)(O)OP(=O)(O)OP(=O)(O)Oc3ccc4nc5ccc(=O)cc-5oc4c3)O2)c(=O)[nH]c1=O. The summed E-state index contributed by atoms with van der Waals surface area (Å²) in [7, 11) is -16.9. The molecule has 5 rings (SSSR count). The minimum atomic E-state index is -5.84. The number of aliphatic hydroxyl groups is 1. The molecule has 1 aromatic carbocycles. The first-order chi connectivity index (χ1) is 20.5. The third kappa shape index (κ3) is 7.48. The van der Waals surface area contributed by atoms with Gasteiger partial charge in [0, 0.05) is 30.3 Å². The second-order valence-corrected chi connectivity index (χ2v) is 13.9. The Bertz CT molecular complexity index is 2020. The van der Waals surface area contributed by atoms with Crippen LogP contribution >= 0.6 is 23.5 Å². The summed E-state index contributed by atoms with van der Waals surface area (Å²) in [5, 5.41) is 10.2. The van der Waals surface area contributed by atoms with Crippen molar-refractivity contribution in [3.8, 4) is 17.2 Å². The van der Waals surface area contributed by atoms with Crippen LogP contribution in [0.25, 0.3) is 22.6 Å². The molecule has 44 heavy (non-hydrogen) atoms. The maximum Gasteiger partial charge on any atom is 0.536 e. The van der Waals surface area contributed by atoms with Crippen molar-refractivity contribution in [1.82, 2.24) is 14.5 Å². The molecular formula is C22H22N3O16P3. The summed E-state index contributed by atoms with van der Waals surface area (Å²) in [6.45, 7) is 0.514. The molecule has 3 aliphatic rings. The number of hydrogen-bond donors (Lipinski definition) is 5. The van der Waals surface area contributed by atoms with Crippen LogP contribution in [0.4, 0.5) is 0 Å². The molecule has 1 aromatic heterocycles. The normalized spacial score (nSPS) is 22.8. The third-order valence-electron chi connectivity index (χ3n) is 6.02. The van der Waals surface area contributed by atoms with Gasteiger partial charge in [0.05, 0.1) is 12.7 Å². The van der Waals surface area contributed by atoms with Gasteiger partial charge < -0.3 is 28.6 Å². The molecule has 1 aliphatic carbocycles. The molecule has 0 radical (unpaired) electrons. The standard InChI is InChI=1S/C22H22N3O16P3/c1-11-9-25(22(29)24-21(11)28)20-8-16(27)19(38-20)10-36-42(30,31)40-44(34,35)41-43(32,33)39-13-3-5-15-18(7-13)37-17-6-12(26)2-4-14(17)23-15/h2-7,9,16,19-20,27H,8,10H2,1H3,(H,30,31)(H,32,33)(H,34,35)(H,24,28,29)/t16?,19-,20-/m0/s1. The van der Waals surface area contributed by atoms with E-state index in [1.807, 2.05) is 0 Å². The number of aryl methyl sites for hydroxylation is 1. The summed E-state index contributed by atoms with van der Waals surface area (Å²) in [5.74, 6) is -0.322. The Kier molecular flexibility index (Phi) is 8.67. The minimum absolute atomic E-state index is 0.00332. The molecule has 236 valence electrons. The number of fused-ring (bicyclic) bond motifs is 2. The first kappa shape index (κ1) is 32.1. The molecule has 4 unspecified atom stereocenters. The highest BCUT2D eigenvalue weighted by Crippen LogP contribution is 2.67. The number of phosphoric acid groups is 3. The molecule has 6 atom stereocenters. The molecule has 0 bridgehead atoms. The topological polar surface area (TPSA) is 276 Å². The summed E-state index contributed by atoms with van der Waals surface area (Å²) < 4.78 is 66.5. The maximum absolute atomic E-state index is 12.4. The average molecular weight is 677 g/mol. The summed E-state index contributed by atoms with van der Waals surface area (Å²) >= 11 is 0.